The summed E-state index contributed by atoms with van der Waals surface area (Å²) in [6.07, 6.45) is 3.18. The quantitative estimate of drug-likeness (QED) is 0.221. The molecule has 0 spiro atoms. The SMILES string of the molecule is C=CCOc1ccc(/C=C2/N=C(c3cccc([N+](=O)[O-])c3)OC2=O)cc1OCC. The van der Waals surface area contributed by atoms with Crippen molar-refractivity contribution in [2.45, 2.75) is 6.92 Å². The van der Waals surface area contributed by atoms with Crippen molar-refractivity contribution >= 4 is 23.6 Å². The van der Waals surface area contributed by atoms with Crippen molar-refractivity contribution in [3.05, 3.63) is 82.1 Å². The van der Waals surface area contributed by atoms with Gasteiger partial charge < -0.3 is 14.2 Å². The minimum atomic E-state index is -0.642. The minimum Gasteiger partial charge on any atom is -0.490 e. The third-order valence-corrected chi connectivity index (χ3v) is 3.85. The highest BCUT2D eigenvalue weighted by atomic mass is 16.6. The Kier molecular flexibility index (Phi) is 6.03. The molecule has 148 valence electrons. The molecule has 8 heteroatoms. The lowest BCUT2D eigenvalue weighted by Crippen LogP contribution is -2.05. The lowest BCUT2D eigenvalue weighted by molar-refractivity contribution is -0.384. The van der Waals surface area contributed by atoms with E-state index in [9.17, 15) is 14.9 Å². The van der Waals surface area contributed by atoms with E-state index in [1.807, 2.05) is 6.92 Å². The average molecular weight is 394 g/mol. The summed E-state index contributed by atoms with van der Waals surface area (Å²) in [5.74, 6) is 0.457. The molecule has 2 aromatic rings. The number of benzene rings is 2. The molecule has 1 aliphatic heterocycles. The van der Waals surface area contributed by atoms with E-state index in [2.05, 4.69) is 11.6 Å². The second kappa shape index (κ2) is 8.83. The van der Waals surface area contributed by atoms with Crippen LogP contribution >= 0.6 is 0 Å². The number of non-ortho nitro benzene ring substituents is 1. The molecule has 3 rings (SSSR count). The van der Waals surface area contributed by atoms with Gasteiger partial charge in [0.1, 0.15) is 6.61 Å². The van der Waals surface area contributed by atoms with Gasteiger partial charge in [-0.1, -0.05) is 24.8 Å². The molecule has 0 fully saturated rings. The fraction of sp³-hybridized carbons (Fsp3) is 0.143. The van der Waals surface area contributed by atoms with Gasteiger partial charge in [0.15, 0.2) is 17.2 Å². The highest BCUT2D eigenvalue weighted by Crippen LogP contribution is 2.30. The summed E-state index contributed by atoms with van der Waals surface area (Å²) in [6, 6.07) is 10.9. The molecule has 0 saturated carbocycles. The first kappa shape index (κ1) is 19.8. The Morgan fingerprint density at radius 3 is 2.76 bits per heavy atom. The number of carbonyl (C=O) groups excluding carboxylic acids is 1. The number of hydrogen-bond acceptors (Lipinski definition) is 7. The number of cyclic esters (lactones) is 1. The molecule has 0 atom stereocenters. The van der Waals surface area contributed by atoms with Crippen LogP contribution in [0.4, 0.5) is 5.69 Å². The van der Waals surface area contributed by atoms with Crippen molar-refractivity contribution in [1.82, 2.24) is 0 Å². The number of rotatable bonds is 8. The Labute approximate surface area is 166 Å². The van der Waals surface area contributed by atoms with E-state index in [4.69, 9.17) is 14.2 Å². The lowest BCUT2D eigenvalue weighted by Gasteiger charge is -2.11. The van der Waals surface area contributed by atoms with Crippen molar-refractivity contribution in [2.75, 3.05) is 13.2 Å². The Bertz CT molecular complexity index is 1030. The van der Waals surface area contributed by atoms with Gasteiger partial charge in [0.25, 0.3) is 5.69 Å². The van der Waals surface area contributed by atoms with Gasteiger partial charge in [-0.2, -0.15) is 0 Å². The van der Waals surface area contributed by atoms with Crippen molar-refractivity contribution in [3.63, 3.8) is 0 Å². The third kappa shape index (κ3) is 4.67. The molecule has 1 heterocycles. The lowest BCUT2D eigenvalue weighted by atomic mass is 10.1. The van der Waals surface area contributed by atoms with Gasteiger partial charge in [-0.3, -0.25) is 10.1 Å². The molecule has 0 unspecified atom stereocenters. The van der Waals surface area contributed by atoms with Crippen molar-refractivity contribution in [1.29, 1.82) is 0 Å². The molecular formula is C21H18N2O6. The van der Waals surface area contributed by atoms with E-state index < -0.39 is 10.9 Å². The normalized spacial score (nSPS) is 14.3. The number of hydrogen-bond donors (Lipinski definition) is 0. The number of ether oxygens (including phenoxy) is 3. The van der Waals surface area contributed by atoms with Crippen LogP contribution < -0.4 is 9.47 Å². The van der Waals surface area contributed by atoms with E-state index in [1.54, 1.807) is 36.4 Å². The van der Waals surface area contributed by atoms with Crippen LogP contribution in [0.5, 0.6) is 11.5 Å². The first-order valence-corrected chi connectivity index (χ1v) is 8.79. The van der Waals surface area contributed by atoms with Crippen LogP contribution in [0.1, 0.15) is 18.1 Å². The first-order valence-electron chi connectivity index (χ1n) is 8.79. The van der Waals surface area contributed by atoms with Crippen LogP contribution in [-0.4, -0.2) is 30.0 Å². The van der Waals surface area contributed by atoms with Gasteiger partial charge in [-0.15, -0.1) is 0 Å². The highest BCUT2D eigenvalue weighted by Gasteiger charge is 2.25. The summed E-state index contributed by atoms with van der Waals surface area (Å²) in [7, 11) is 0. The molecular weight excluding hydrogens is 376 g/mol. The second-order valence-electron chi connectivity index (χ2n) is 5.88. The molecule has 0 radical (unpaired) electrons. The van der Waals surface area contributed by atoms with Crippen molar-refractivity contribution < 1.29 is 23.9 Å². The molecule has 2 aromatic carbocycles. The maximum Gasteiger partial charge on any atom is 0.363 e. The highest BCUT2D eigenvalue weighted by molar-refractivity contribution is 6.13. The predicted octanol–water partition coefficient (Wildman–Crippen LogP) is 3.90. The molecule has 0 N–H and O–H groups in total. The molecule has 0 aromatic heterocycles. The molecule has 0 amide bonds. The van der Waals surface area contributed by atoms with E-state index in [1.165, 1.54) is 18.2 Å². The maximum absolute atomic E-state index is 12.2. The zero-order valence-corrected chi connectivity index (χ0v) is 15.7. The standard InChI is InChI=1S/C21H18N2O6/c1-3-10-28-18-9-8-14(12-19(18)27-4-2)11-17-21(24)29-20(22-17)15-6-5-7-16(13-15)23(25)26/h3,5-9,11-13H,1,4,10H2,2H3/b17-11+. The number of nitro benzene ring substituents is 1. The number of nitro groups is 1. The monoisotopic (exact) mass is 394 g/mol. The van der Waals surface area contributed by atoms with Gasteiger partial charge in [-0.25, -0.2) is 9.79 Å². The molecule has 8 nitrogen and oxygen atoms in total. The number of esters is 1. The first-order chi connectivity index (χ1) is 14.0. The van der Waals surface area contributed by atoms with Gasteiger partial charge in [-0.05, 0) is 36.8 Å². The average Bonchev–Trinajstić information content (AvgIpc) is 3.08. The van der Waals surface area contributed by atoms with Gasteiger partial charge in [0.05, 0.1) is 11.5 Å². The van der Waals surface area contributed by atoms with E-state index in [-0.39, 0.29) is 17.3 Å². The zero-order chi connectivity index (χ0) is 20.8. The molecule has 0 saturated heterocycles. The molecule has 0 aliphatic carbocycles. The summed E-state index contributed by atoms with van der Waals surface area (Å²) < 4.78 is 16.3. The van der Waals surface area contributed by atoms with Crippen LogP contribution in [0.2, 0.25) is 0 Å². The van der Waals surface area contributed by atoms with Crippen LogP contribution in [0, 0.1) is 10.1 Å². The summed E-state index contributed by atoms with van der Waals surface area (Å²) in [5.41, 5.74) is 0.971. The topological polar surface area (TPSA) is 100 Å². The number of nitrogens with zero attached hydrogens (tertiary/aromatic N) is 2. The fourth-order valence-electron chi connectivity index (χ4n) is 2.59. The number of aliphatic imine (C=N–C) groups is 1. The van der Waals surface area contributed by atoms with Crippen LogP contribution in [0.15, 0.2) is 65.8 Å². The van der Waals surface area contributed by atoms with Gasteiger partial charge >= 0.3 is 5.97 Å². The predicted molar refractivity (Wildman–Crippen MR) is 107 cm³/mol. The number of carbonyl (C=O) groups is 1. The van der Waals surface area contributed by atoms with Crippen molar-refractivity contribution in [3.8, 4) is 11.5 Å². The smallest absolute Gasteiger partial charge is 0.363 e. The minimum absolute atomic E-state index is 0.0147. The van der Waals surface area contributed by atoms with Crippen LogP contribution in [0.3, 0.4) is 0 Å². The Balaban J connectivity index is 1.90. The van der Waals surface area contributed by atoms with Crippen LogP contribution in [-0.2, 0) is 9.53 Å². The summed E-state index contributed by atoms with van der Waals surface area (Å²) in [4.78, 5) is 26.8. The fourth-order valence-corrected chi connectivity index (χ4v) is 2.59. The van der Waals surface area contributed by atoms with Gasteiger partial charge in [0.2, 0.25) is 5.90 Å². The zero-order valence-electron chi connectivity index (χ0n) is 15.7. The van der Waals surface area contributed by atoms with Crippen LogP contribution in [0.25, 0.3) is 6.08 Å². The Morgan fingerprint density at radius 1 is 1.21 bits per heavy atom. The van der Waals surface area contributed by atoms with E-state index >= 15 is 0 Å². The van der Waals surface area contributed by atoms with E-state index in [0.29, 0.717) is 35.8 Å². The molecule has 1 aliphatic rings. The summed E-state index contributed by atoms with van der Waals surface area (Å²) in [5, 5.41) is 10.9. The second-order valence-corrected chi connectivity index (χ2v) is 5.88. The molecule has 0 bridgehead atoms. The Morgan fingerprint density at radius 2 is 2.03 bits per heavy atom. The largest absolute Gasteiger partial charge is 0.490 e. The van der Waals surface area contributed by atoms with Crippen molar-refractivity contribution in [2.24, 2.45) is 4.99 Å². The molecule has 29 heavy (non-hydrogen) atoms. The Hall–Kier alpha value is -3.94. The van der Waals surface area contributed by atoms with Gasteiger partial charge in [0, 0.05) is 17.7 Å². The summed E-state index contributed by atoms with van der Waals surface area (Å²) in [6.45, 7) is 6.25. The third-order valence-electron chi connectivity index (χ3n) is 3.85. The summed E-state index contributed by atoms with van der Waals surface area (Å²) >= 11 is 0. The van der Waals surface area contributed by atoms with E-state index in [0.717, 1.165) is 0 Å². The maximum atomic E-state index is 12.2.